The second kappa shape index (κ2) is 4.72. The third-order valence-electron chi connectivity index (χ3n) is 3.17. The van der Waals surface area contributed by atoms with Gasteiger partial charge in [-0.25, -0.2) is 4.98 Å². The molecule has 2 aromatic rings. The fourth-order valence-corrected chi connectivity index (χ4v) is 2.21. The van der Waals surface area contributed by atoms with Crippen molar-refractivity contribution < 1.29 is 4.74 Å². The van der Waals surface area contributed by atoms with Gasteiger partial charge < -0.3 is 10.1 Å². The fraction of sp³-hybridized carbons (Fsp3) is 0.357. The van der Waals surface area contributed by atoms with Gasteiger partial charge in [-0.15, -0.1) is 0 Å². The van der Waals surface area contributed by atoms with Gasteiger partial charge in [0, 0.05) is 17.5 Å². The first-order chi connectivity index (χ1) is 8.42. The number of fused-ring (bicyclic) bond motifs is 1. The topological polar surface area (TPSA) is 34.1 Å². The molecule has 1 N–H and O–H groups in total. The van der Waals surface area contributed by atoms with Crippen molar-refractivity contribution in [1.82, 2.24) is 10.3 Å². The Balaban J connectivity index is 1.72. The highest BCUT2D eigenvalue weighted by molar-refractivity contribution is 5.78. The van der Waals surface area contributed by atoms with Gasteiger partial charge in [0.15, 0.2) is 0 Å². The van der Waals surface area contributed by atoms with E-state index >= 15 is 0 Å². The number of para-hydroxylation sites is 1. The van der Waals surface area contributed by atoms with Crippen molar-refractivity contribution in [3.8, 4) is 5.88 Å². The zero-order valence-electron chi connectivity index (χ0n) is 9.73. The molecule has 1 aliphatic heterocycles. The van der Waals surface area contributed by atoms with Crippen molar-refractivity contribution in [3.63, 3.8) is 0 Å². The van der Waals surface area contributed by atoms with E-state index in [-0.39, 0.29) is 0 Å². The molecule has 1 aromatic heterocycles. The average molecular weight is 228 g/mol. The first kappa shape index (κ1) is 10.5. The van der Waals surface area contributed by atoms with Crippen LogP contribution in [0.1, 0.15) is 12.8 Å². The van der Waals surface area contributed by atoms with Crippen LogP contribution in [0.25, 0.3) is 10.9 Å². The van der Waals surface area contributed by atoms with Gasteiger partial charge in [0.2, 0.25) is 5.88 Å². The van der Waals surface area contributed by atoms with Crippen LogP contribution >= 0.6 is 0 Å². The van der Waals surface area contributed by atoms with Crippen LogP contribution in [-0.4, -0.2) is 24.2 Å². The Morgan fingerprint density at radius 3 is 3.06 bits per heavy atom. The molecular weight excluding hydrogens is 212 g/mol. The summed E-state index contributed by atoms with van der Waals surface area (Å²) in [5.41, 5.74) is 0.990. The lowest BCUT2D eigenvalue weighted by molar-refractivity contribution is 0.268. The average Bonchev–Trinajstić information content (AvgIpc) is 2.89. The molecule has 1 fully saturated rings. The Morgan fingerprint density at radius 1 is 1.24 bits per heavy atom. The highest BCUT2D eigenvalue weighted by Crippen LogP contribution is 2.16. The highest BCUT2D eigenvalue weighted by atomic mass is 16.5. The minimum atomic E-state index is 0.489. The molecule has 3 rings (SSSR count). The molecule has 88 valence electrons. The zero-order chi connectivity index (χ0) is 11.5. The molecular formula is C14H16N2O. The first-order valence-corrected chi connectivity index (χ1v) is 6.14. The van der Waals surface area contributed by atoms with Crippen LogP contribution in [0.3, 0.4) is 0 Å². The summed E-state index contributed by atoms with van der Waals surface area (Å²) in [6.45, 7) is 1.82. The number of hydrogen-bond acceptors (Lipinski definition) is 3. The van der Waals surface area contributed by atoms with Crippen molar-refractivity contribution in [1.29, 1.82) is 0 Å². The number of pyridine rings is 1. The summed E-state index contributed by atoms with van der Waals surface area (Å²) < 4.78 is 5.72. The molecule has 1 aromatic carbocycles. The van der Waals surface area contributed by atoms with Crippen LogP contribution < -0.4 is 10.1 Å². The zero-order valence-corrected chi connectivity index (χ0v) is 9.73. The summed E-state index contributed by atoms with van der Waals surface area (Å²) in [7, 11) is 0. The molecule has 1 unspecified atom stereocenters. The molecule has 1 atom stereocenters. The van der Waals surface area contributed by atoms with Crippen LogP contribution in [0.5, 0.6) is 5.88 Å². The predicted octanol–water partition coefficient (Wildman–Crippen LogP) is 2.37. The van der Waals surface area contributed by atoms with Crippen molar-refractivity contribution in [2.24, 2.45) is 0 Å². The van der Waals surface area contributed by atoms with E-state index in [1.54, 1.807) is 0 Å². The largest absolute Gasteiger partial charge is 0.476 e. The molecule has 1 saturated heterocycles. The van der Waals surface area contributed by atoms with E-state index in [9.17, 15) is 0 Å². The minimum absolute atomic E-state index is 0.489. The van der Waals surface area contributed by atoms with Crippen LogP contribution in [0.2, 0.25) is 0 Å². The SMILES string of the molecule is c1ccc2nc(OCC3CCCN3)ccc2c1. The number of nitrogens with one attached hydrogen (secondary N) is 1. The molecule has 0 spiro atoms. The van der Waals surface area contributed by atoms with Crippen molar-refractivity contribution >= 4 is 10.9 Å². The van der Waals surface area contributed by atoms with E-state index in [1.807, 2.05) is 24.3 Å². The molecule has 3 nitrogen and oxygen atoms in total. The smallest absolute Gasteiger partial charge is 0.213 e. The normalized spacial score (nSPS) is 19.6. The maximum atomic E-state index is 5.72. The molecule has 0 amide bonds. The lowest BCUT2D eigenvalue weighted by Gasteiger charge is -2.11. The third kappa shape index (κ3) is 2.39. The summed E-state index contributed by atoms with van der Waals surface area (Å²) in [5.74, 6) is 0.720. The second-order valence-corrected chi connectivity index (χ2v) is 4.45. The maximum Gasteiger partial charge on any atom is 0.213 e. The van der Waals surface area contributed by atoms with E-state index in [4.69, 9.17) is 4.74 Å². The number of hydrogen-bond donors (Lipinski definition) is 1. The maximum absolute atomic E-state index is 5.72. The monoisotopic (exact) mass is 228 g/mol. The van der Waals surface area contributed by atoms with Gasteiger partial charge in [0.05, 0.1) is 5.52 Å². The summed E-state index contributed by atoms with van der Waals surface area (Å²) in [6.07, 6.45) is 2.45. The molecule has 0 radical (unpaired) electrons. The summed E-state index contributed by atoms with van der Waals surface area (Å²) in [6, 6.07) is 12.6. The van der Waals surface area contributed by atoms with E-state index in [0.29, 0.717) is 12.6 Å². The molecule has 0 bridgehead atoms. The summed E-state index contributed by atoms with van der Waals surface area (Å²) >= 11 is 0. The van der Waals surface area contributed by atoms with E-state index in [0.717, 1.165) is 23.3 Å². The number of nitrogens with zero attached hydrogens (tertiary/aromatic N) is 1. The van der Waals surface area contributed by atoms with Gasteiger partial charge in [0.1, 0.15) is 6.61 Å². The second-order valence-electron chi connectivity index (χ2n) is 4.45. The van der Waals surface area contributed by atoms with Crippen LogP contribution in [0, 0.1) is 0 Å². The van der Waals surface area contributed by atoms with Gasteiger partial charge in [-0.3, -0.25) is 0 Å². The Kier molecular flexibility index (Phi) is 2.92. The quantitative estimate of drug-likeness (QED) is 0.875. The Hall–Kier alpha value is -1.61. The van der Waals surface area contributed by atoms with Crippen LogP contribution in [0.4, 0.5) is 0 Å². The molecule has 0 saturated carbocycles. The highest BCUT2D eigenvalue weighted by Gasteiger charge is 2.14. The first-order valence-electron chi connectivity index (χ1n) is 6.14. The summed E-state index contributed by atoms with van der Waals surface area (Å²) in [4.78, 5) is 4.49. The molecule has 3 heteroatoms. The fourth-order valence-electron chi connectivity index (χ4n) is 2.21. The Bertz CT molecular complexity index is 506. The molecule has 1 aliphatic rings. The number of rotatable bonds is 3. The van der Waals surface area contributed by atoms with Crippen LogP contribution in [-0.2, 0) is 0 Å². The molecule has 2 heterocycles. The lowest BCUT2D eigenvalue weighted by atomic mass is 10.2. The van der Waals surface area contributed by atoms with Gasteiger partial charge >= 0.3 is 0 Å². The third-order valence-corrected chi connectivity index (χ3v) is 3.17. The van der Waals surface area contributed by atoms with Crippen molar-refractivity contribution in [2.45, 2.75) is 18.9 Å². The van der Waals surface area contributed by atoms with Crippen molar-refractivity contribution in [2.75, 3.05) is 13.2 Å². The standard InChI is InChI=1S/C14H16N2O/c1-2-6-13-11(4-1)7-8-14(16-13)17-10-12-5-3-9-15-12/h1-2,4,6-8,12,15H,3,5,9-10H2. The minimum Gasteiger partial charge on any atom is -0.476 e. The lowest BCUT2D eigenvalue weighted by Crippen LogP contribution is -2.28. The molecule has 0 aliphatic carbocycles. The number of ether oxygens (including phenoxy) is 1. The Labute approximate surface area is 101 Å². The van der Waals surface area contributed by atoms with E-state index in [1.165, 1.54) is 12.8 Å². The predicted molar refractivity (Wildman–Crippen MR) is 68.3 cm³/mol. The molecule has 17 heavy (non-hydrogen) atoms. The Morgan fingerprint density at radius 2 is 2.18 bits per heavy atom. The number of benzene rings is 1. The van der Waals surface area contributed by atoms with Crippen molar-refractivity contribution in [3.05, 3.63) is 36.4 Å². The van der Waals surface area contributed by atoms with Gasteiger partial charge in [-0.05, 0) is 31.5 Å². The van der Waals surface area contributed by atoms with Gasteiger partial charge in [-0.1, -0.05) is 18.2 Å². The van der Waals surface area contributed by atoms with E-state index in [2.05, 4.69) is 22.4 Å². The van der Waals surface area contributed by atoms with Gasteiger partial charge in [-0.2, -0.15) is 0 Å². The summed E-state index contributed by atoms with van der Waals surface area (Å²) in [5, 5.41) is 4.56. The van der Waals surface area contributed by atoms with Crippen LogP contribution in [0.15, 0.2) is 36.4 Å². The number of aromatic nitrogens is 1. The van der Waals surface area contributed by atoms with E-state index < -0.39 is 0 Å². The van der Waals surface area contributed by atoms with Gasteiger partial charge in [0.25, 0.3) is 0 Å².